The summed E-state index contributed by atoms with van der Waals surface area (Å²) >= 11 is 0. The minimum atomic E-state index is -4.51. The summed E-state index contributed by atoms with van der Waals surface area (Å²) in [5.41, 5.74) is 4.27. The minimum absolute atomic E-state index is 0.0149. The number of ether oxygens (including phenoxy) is 3. The van der Waals surface area contributed by atoms with Crippen molar-refractivity contribution in [1.82, 2.24) is 15.8 Å². The predicted molar refractivity (Wildman–Crippen MR) is 248 cm³/mol. The van der Waals surface area contributed by atoms with Crippen molar-refractivity contribution >= 4 is 29.9 Å². The molecule has 6 aromatic carbocycles. The molecular formula is C49H52N3O13PS. The number of aliphatic hydroxyl groups is 1. The molecule has 6 aromatic rings. The zero-order valence-electron chi connectivity index (χ0n) is 36.6. The Morgan fingerprint density at radius 2 is 1.10 bits per heavy atom. The Morgan fingerprint density at radius 3 is 1.60 bits per heavy atom. The maximum absolute atomic E-state index is 14.6. The van der Waals surface area contributed by atoms with E-state index < -0.39 is 54.2 Å². The molecule has 0 aliphatic rings. The highest BCUT2D eigenvalue weighted by atomic mass is 32.2. The van der Waals surface area contributed by atoms with Crippen LogP contribution in [0.4, 0.5) is 4.79 Å². The molecule has 18 heteroatoms. The molecule has 0 saturated carbocycles. The van der Waals surface area contributed by atoms with Crippen LogP contribution in [0.1, 0.15) is 40.3 Å². The van der Waals surface area contributed by atoms with Gasteiger partial charge in [-0.3, -0.25) is 18.4 Å². The molecule has 0 spiro atoms. The molecule has 0 bridgehead atoms. The van der Waals surface area contributed by atoms with Gasteiger partial charge in [0.15, 0.2) is 11.5 Å². The molecule has 1 unspecified atom stereocenters. The zero-order chi connectivity index (χ0) is 47.5. The molecule has 2 atom stereocenters. The zero-order valence-corrected chi connectivity index (χ0v) is 38.3. The average molecular weight is 954 g/mol. The molecule has 0 saturated heterocycles. The Hall–Kier alpha value is -6.40. The molecule has 0 fully saturated rings. The number of nitrogens with zero attached hydrogens (tertiary/aromatic N) is 1. The SMILES string of the molecule is C[C@](Cc1ccc(OP(=O)(OCc2ccccc2)OCc2ccccc2)c(OCc2ccccc2)c1)(C(=O)NCCS(=O)(=O)O)N(NC(=O)OCc1ccccc1)C(O)OCc1ccccc1. The fourth-order valence-corrected chi connectivity index (χ4v) is 8.05. The molecule has 0 aliphatic carbocycles. The van der Waals surface area contributed by atoms with Gasteiger partial charge in [-0.2, -0.15) is 13.4 Å². The molecule has 67 heavy (non-hydrogen) atoms. The quantitative estimate of drug-likeness (QED) is 0.0185. The fraction of sp³-hybridized carbons (Fsp3) is 0.224. The van der Waals surface area contributed by atoms with Crippen LogP contribution in [0.5, 0.6) is 11.5 Å². The molecule has 4 N–H and O–H groups in total. The number of phosphoric ester groups is 1. The summed E-state index contributed by atoms with van der Waals surface area (Å²) in [7, 11) is -8.95. The van der Waals surface area contributed by atoms with Crippen LogP contribution in [-0.2, 0) is 77.5 Å². The smallest absolute Gasteiger partial charge is 0.485 e. The van der Waals surface area contributed by atoms with Crippen molar-refractivity contribution < 1.29 is 60.0 Å². The number of benzene rings is 6. The van der Waals surface area contributed by atoms with Crippen molar-refractivity contribution in [2.24, 2.45) is 0 Å². The fourth-order valence-electron chi connectivity index (χ4n) is 6.50. The van der Waals surface area contributed by atoms with Crippen LogP contribution < -0.4 is 20.0 Å². The maximum atomic E-state index is 14.6. The second-order valence-electron chi connectivity index (χ2n) is 15.3. The number of hydrogen-bond acceptors (Lipinski definition) is 13. The number of aliphatic hydroxyl groups excluding tert-OH is 1. The number of nitrogens with one attached hydrogen (secondary N) is 2. The van der Waals surface area contributed by atoms with Gasteiger partial charge in [0, 0.05) is 13.0 Å². The second kappa shape index (κ2) is 24.4. The minimum Gasteiger partial charge on any atom is -0.485 e. The lowest BCUT2D eigenvalue weighted by Gasteiger charge is -2.41. The van der Waals surface area contributed by atoms with E-state index in [-0.39, 0.29) is 51.0 Å². The summed E-state index contributed by atoms with van der Waals surface area (Å²) in [6.07, 6.45) is -3.43. The van der Waals surface area contributed by atoms with Gasteiger partial charge in [-0.1, -0.05) is 158 Å². The number of hydrogen-bond donors (Lipinski definition) is 4. The first-order valence-electron chi connectivity index (χ1n) is 21.1. The summed E-state index contributed by atoms with van der Waals surface area (Å²) in [4.78, 5) is 28.0. The van der Waals surface area contributed by atoms with Crippen LogP contribution in [0.15, 0.2) is 170 Å². The lowest BCUT2D eigenvalue weighted by molar-refractivity contribution is -0.241. The molecule has 16 nitrogen and oxygen atoms in total. The average Bonchev–Trinajstić information content (AvgIpc) is 3.34. The molecule has 0 radical (unpaired) electrons. The van der Waals surface area contributed by atoms with E-state index in [2.05, 4.69) is 10.7 Å². The summed E-state index contributed by atoms with van der Waals surface area (Å²) < 4.78 is 83.0. The standard InChI is InChI=1S/C49H52N3O13PS/c1-49(46(53)50-29-30-67(57,58)59,52(48(55)62-35-40-21-11-4-12-22-40)51-47(54)61-34-39-19-9-3-10-20-39)32-43-27-28-44(45(31-43)60-33-38-17-7-2-8-18-38)65-66(56,63-36-41-23-13-5-14-24-41)64-37-42-25-15-6-16-26-42/h2-28,31,48,55H,29-30,32-37H2,1H3,(H,50,53)(H,51,54)(H,57,58,59)/t48?,49-/m0/s1. The Balaban J connectivity index is 1.36. The van der Waals surface area contributed by atoms with E-state index in [1.165, 1.54) is 25.1 Å². The third kappa shape index (κ3) is 16.2. The number of hydrazine groups is 1. The largest absolute Gasteiger partial charge is 0.530 e. The first-order valence-corrected chi connectivity index (χ1v) is 24.1. The number of amides is 2. The summed E-state index contributed by atoms with van der Waals surface area (Å²) in [5, 5.41) is 15.1. The van der Waals surface area contributed by atoms with Gasteiger partial charge in [-0.25, -0.2) is 14.8 Å². The third-order valence-electron chi connectivity index (χ3n) is 10.0. The first-order chi connectivity index (χ1) is 32.3. The second-order valence-corrected chi connectivity index (χ2v) is 18.4. The Kier molecular flexibility index (Phi) is 18.2. The number of carbonyl (C=O) groups is 2. The van der Waals surface area contributed by atoms with Crippen molar-refractivity contribution in [3.8, 4) is 11.5 Å². The van der Waals surface area contributed by atoms with Crippen molar-refractivity contribution in [3.63, 3.8) is 0 Å². The highest BCUT2D eigenvalue weighted by Crippen LogP contribution is 2.53. The molecule has 0 aliphatic heterocycles. The van der Waals surface area contributed by atoms with E-state index in [1.54, 1.807) is 84.9 Å². The van der Waals surface area contributed by atoms with Gasteiger partial charge >= 0.3 is 13.9 Å². The Labute approximate surface area is 389 Å². The summed E-state index contributed by atoms with van der Waals surface area (Å²) in [6, 6.07) is 49.4. The highest BCUT2D eigenvalue weighted by molar-refractivity contribution is 7.85. The Morgan fingerprint density at radius 1 is 0.642 bits per heavy atom. The van der Waals surface area contributed by atoms with Gasteiger partial charge in [0.05, 0.1) is 25.6 Å². The summed E-state index contributed by atoms with van der Waals surface area (Å²) in [6.45, 7) is 0.267. The van der Waals surface area contributed by atoms with E-state index in [0.29, 0.717) is 27.8 Å². The molecular weight excluding hydrogens is 902 g/mol. The van der Waals surface area contributed by atoms with E-state index in [4.69, 9.17) is 27.8 Å². The van der Waals surface area contributed by atoms with Crippen LogP contribution in [0.2, 0.25) is 0 Å². The third-order valence-corrected chi connectivity index (χ3v) is 12.1. The molecule has 352 valence electrons. The van der Waals surface area contributed by atoms with Gasteiger partial charge < -0.3 is 29.2 Å². The van der Waals surface area contributed by atoms with Crippen molar-refractivity contribution in [1.29, 1.82) is 0 Å². The van der Waals surface area contributed by atoms with Crippen LogP contribution >= 0.6 is 7.82 Å². The van der Waals surface area contributed by atoms with Crippen molar-refractivity contribution in [2.75, 3.05) is 12.3 Å². The van der Waals surface area contributed by atoms with Gasteiger partial charge in [-0.05, 0) is 52.4 Å². The van der Waals surface area contributed by atoms with Crippen LogP contribution in [0.3, 0.4) is 0 Å². The maximum Gasteiger partial charge on any atom is 0.530 e. The van der Waals surface area contributed by atoms with Crippen molar-refractivity contribution in [3.05, 3.63) is 203 Å². The summed E-state index contributed by atoms with van der Waals surface area (Å²) in [5.74, 6) is -1.74. The van der Waals surface area contributed by atoms with E-state index >= 15 is 0 Å². The van der Waals surface area contributed by atoms with Crippen LogP contribution in [0.25, 0.3) is 0 Å². The highest BCUT2D eigenvalue weighted by Gasteiger charge is 2.45. The molecule has 0 aromatic heterocycles. The van der Waals surface area contributed by atoms with Crippen LogP contribution in [-0.4, -0.2) is 59.3 Å². The lowest BCUT2D eigenvalue weighted by atomic mass is 9.90. The number of rotatable bonds is 25. The van der Waals surface area contributed by atoms with E-state index in [1.807, 2.05) is 66.7 Å². The predicted octanol–water partition coefficient (Wildman–Crippen LogP) is 8.13. The topological polar surface area (TPSA) is 208 Å². The lowest BCUT2D eigenvalue weighted by Crippen LogP contribution is -2.67. The molecule has 2 amide bonds. The normalized spacial score (nSPS) is 13.0. The number of carbonyl (C=O) groups excluding carboxylic acids is 2. The molecule has 6 rings (SSSR count). The molecule has 0 heterocycles. The van der Waals surface area contributed by atoms with Gasteiger partial charge in [0.1, 0.15) is 18.8 Å². The number of phosphoric acid groups is 1. The first kappa shape index (κ1) is 50.0. The van der Waals surface area contributed by atoms with E-state index in [9.17, 15) is 32.2 Å². The van der Waals surface area contributed by atoms with E-state index in [0.717, 1.165) is 10.6 Å². The Bertz CT molecular complexity index is 2590. The van der Waals surface area contributed by atoms with Crippen LogP contribution in [0, 0.1) is 0 Å². The monoisotopic (exact) mass is 953 g/mol. The van der Waals surface area contributed by atoms with Crippen molar-refractivity contribution in [2.45, 2.75) is 58.3 Å². The van der Waals surface area contributed by atoms with Gasteiger partial charge in [0.2, 0.25) is 12.3 Å². The van der Waals surface area contributed by atoms with Gasteiger partial charge in [-0.15, -0.1) is 0 Å². The van der Waals surface area contributed by atoms with Gasteiger partial charge in [0.25, 0.3) is 10.1 Å².